The van der Waals surface area contributed by atoms with Gasteiger partial charge in [0.05, 0.1) is 0 Å². The molecule has 2 rings (SSSR count). The Kier molecular flexibility index (Phi) is 6.54. The van der Waals surface area contributed by atoms with E-state index in [9.17, 15) is 4.79 Å². The van der Waals surface area contributed by atoms with Crippen LogP contribution in [0.5, 0.6) is 0 Å². The van der Waals surface area contributed by atoms with Crippen molar-refractivity contribution in [1.82, 2.24) is 10.6 Å². The Morgan fingerprint density at radius 1 is 1.25 bits per heavy atom. The quantitative estimate of drug-likeness (QED) is 0.793. The van der Waals surface area contributed by atoms with Crippen LogP contribution in [0.2, 0.25) is 0 Å². The lowest BCUT2D eigenvalue weighted by atomic mass is 10.0. The highest BCUT2D eigenvalue weighted by molar-refractivity contribution is 7.99. The molecule has 0 saturated carbocycles. The second-order valence-electron chi connectivity index (χ2n) is 4.44. The summed E-state index contributed by atoms with van der Waals surface area (Å²) in [5.74, 6) is 2.89. The third kappa shape index (κ3) is 4.15. The maximum absolute atomic E-state index is 11.9. The second kappa shape index (κ2) is 7.41. The van der Waals surface area contributed by atoms with E-state index in [0.717, 1.165) is 43.9 Å². The number of rotatable bonds is 2. The van der Waals surface area contributed by atoms with Crippen molar-refractivity contribution in [1.29, 1.82) is 0 Å². The number of carbonyl (C=O) groups excluding carboxylic acids is 1. The van der Waals surface area contributed by atoms with E-state index in [1.807, 2.05) is 11.8 Å². The molecule has 94 valence electrons. The largest absolute Gasteiger partial charge is 0.352 e. The van der Waals surface area contributed by atoms with Crippen molar-refractivity contribution in [3.8, 4) is 0 Å². The van der Waals surface area contributed by atoms with Crippen LogP contribution in [0.3, 0.4) is 0 Å². The first-order valence-corrected chi connectivity index (χ1v) is 7.10. The molecule has 1 atom stereocenters. The first-order valence-electron chi connectivity index (χ1n) is 5.95. The molecule has 5 heteroatoms. The summed E-state index contributed by atoms with van der Waals surface area (Å²) in [6.45, 7) is 2.06. The number of hydrogen-bond acceptors (Lipinski definition) is 3. The lowest BCUT2D eigenvalue weighted by Crippen LogP contribution is -2.47. The summed E-state index contributed by atoms with van der Waals surface area (Å²) in [7, 11) is 0. The van der Waals surface area contributed by atoms with Crippen LogP contribution >= 0.6 is 24.2 Å². The van der Waals surface area contributed by atoms with Crippen LogP contribution in [-0.4, -0.2) is 36.5 Å². The fourth-order valence-electron chi connectivity index (χ4n) is 2.25. The third-order valence-electron chi connectivity index (χ3n) is 3.24. The molecule has 0 aliphatic carbocycles. The molecule has 2 heterocycles. The summed E-state index contributed by atoms with van der Waals surface area (Å²) in [6, 6.07) is 0.376. The van der Waals surface area contributed by atoms with Crippen molar-refractivity contribution in [2.24, 2.45) is 5.92 Å². The summed E-state index contributed by atoms with van der Waals surface area (Å²) < 4.78 is 0. The topological polar surface area (TPSA) is 41.1 Å². The maximum Gasteiger partial charge on any atom is 0.223 e. The van der Waals surface area contributed by atoms with Gasteiger partial charge < -0.3 is 10.6 Å². The van der Waals surface area contributed by atoms with Crippen molar-refractivity contribution in [3.05, 3.63) is 0 Å². The van der Waals surface area contributed by atoms with Crippen molar-refractivity contribution >= 4 is 30.1 Å². The van der Waals surface area contributed by atoms with Crippen LogP contribution in [0.15, 0.2) is 0 Å². The molecule has 2 aliphatic heterocycles. The van der Waals surface area contributed by atoms with Crippen LogP contribution < -0.4 is 10.6 Å². The SMILES string of the molecule is Cl.O=C(N[C@H]1CCCNC1)C1CCSCC1. The van der Waals surface area contributed by atoms with Gasteiger partial charge >= 0.3 is 0 Å². The summed E-state index contributed by atoms with van der Waals surface area (Å²) in [4.78, 5) is 11.9. The van der Waals surface area contributed by atoms with Gasteiger partial charge in [0.25, 0.3) is 0 Å². The molecule has 0 aromatic heterocycles. The standard InChI is InChI=1S/C11H20N2OS.ClH/c14-11(9-3-6-15-7-4-9)13-10-2-1-5-12-8-10;/h9-10,12H,1-8H2,(H,13,14);1H/t10-;/m0./s1. The highest BCUT2D eigenvalue weighted by atomic mass is 35.5. The van der Waals surface area contributed by atoms with Gasteiger partial charge in [-0.2, -0.15) is 11.8 Å². The predicted molar refractivity (Wildman–Crippen MR) is 71.3 cm³/mol. The zero-order valence-corrected chi connectivity index (χ0v) is 11.2. The molecular weight excluding hydrogens is 244 g/mol. The highest BCUT2D eigenvalue weighted by Gasteiger charge is 2.24. The number of piperidine rings is 1. The molecule has 2 fully saturated rings. The van der Waals surface area contributed by atoms with Gasteiger partial charge in [-0.05, 0) is 43.7 Å². The maximum atomic E-state index is 11.9. The van der Waals surface area contributed by atoms with E-state index in [4.69, 9.17) is 0 Å². The molecule has 0 aromatic rings. The first-order chi connectivity index (χ1) is 7.36. The Balaban J connectivity index is 0.00000128. The van der Waals surface area contributed by atoms with E-state index >= 15 is 0 Å². The molecule has 0 unspecified atom stereocenters. The molecule has 0 spiro atoms. The van der Waals surface area contributed by atoms with Crippen LogP contribution in [-0.2, 0) is 4.79 Å². The molecule has 2 saturated heterocycles. The minimum atomic E-state index is 0. The highest BCUT2D eigenvalue weighted by Crippen LogP contribution is 2.22. The average Bonchev–Trinajstić information content (AvgIpc) is 2.31. The molecule has 2 N–H and O–H groups in total. The van der Waals surface area contributed by atoms with Gasteiger partial charge in [-0.3, -0.25) is 4.79 Å². The third-order valence-corrected chi connectivity index (χ3v) is 4.28. The van der Waals surface area contributed by atoms with Gasteiger partial charge in [-0.15, -0.1) is 12.4 Å². The Labute approximate surface area is 108 Å². The molecule has 0 bridgehead atoms. The van der Waals surface area contributed by atoms with Crippen molar-refractivity contribution < 1.29 is 4.79 Å². The Morgan fingerprint density at radius 2 is 2.00 bits per heavy atom. The zero-order chi connectivity index (χ0) is 10.5. The lowest BCUT2D eigenvalue weighted by Gasteiger charge is -2.27. The minimum absolute atomic E-state index is 0. The lowest BCUT2D eigenvalue weighted by molar-refractivity contribution is -0.126. The number of amides is 1. The van der Waals surface area contributed by atoms with E-state index < -0.39 is 0 Å². The summed E-state index contributed by atoms with van der Waals surface area (Å²) in [6.07, 6.45) is 4.46. The summed E-state index contributed by atoms with van der Waals surface area (Å²) in [5.41, 5.74) is 0. The van der Waals surface area contributed by atoms with E-state index in [-0.39, 0.29) is 18.3 Å². The Hall–Kier alpha value is 0.0700. The molecule has 16 heavy (non-hydrogen) atoms. The summed E-state index contributed by atoms with van der Waals surface area (Å²) >= 11 is 1.97. The fraction of sp³-hybridized carbons (Fsp3) is 0.909. The minimum Gasteiger partial charge on any atom is -0.352 e. The Morgan fingerprint density at radius 3 is 2.62 bits per heavy atom. The molecular formula is C11H21ClN2OS. The first kappa shape index (κ1) is 14.1. The van der Waals surface area contributed by atoms with Gasteiger partial charge in [-0.1, -0.05) is 0 Å². The van der Waals surface area contributed by atoms with Crippen LogP contribution in [0, 0.1) is 5.92 Å². The number of nitrogens with one attached hydrogen (secondary N) is 2. The molecule has 3 nitrogen and oxygen atoms in total. The zero-order valence-electron chi connectivity index (χ0n) is 9.54. The van der Waals surface area contributed by atoms with Crippen molar-refractivity contribution in [2.75, 3.05) is 24.6 Å². The number of halogens is 1. The van der Waals surface area contributed by atoms with Gasteiger partial charge in [0.2, 0.25) is 5.91 Å². The smallest absolute Gasteiger partial charge is 0.223 e. The van der Waals surface area contributed by atoms with E-state index in [0.29, 0.717) is 11.9 Å². The van der Waals surface area contributed by atoms with Crippen molar-refractivity contribution in [2.45, 2.75) is 31.7 Å². The van der Waals surface area contributed by atoms with E-state index in [2.05, 4.69) is 10.6 Å². The second-order valence-corrected chi connectivity index (χ2v) is 5.66. The Bertz CT molecular complexity index is 216. The van der Waals surface area contributed by atoms with Crippen LogP contribution in [0.1, 0.15) is 25.7 Å². The molecule has 0 aromatic carbocycles. The molecule has 2 aliphatic rings. The fourth-order valence-corrected chi connectivity index (χ4v) is 3.36. The summed E-state index contributed by atoms with van der Waals surface area (Å²) in [5, 5.41) is 6.50. The van der Waals surface area contributed by atoms with E-state index in [1.165, 1.54) is 6.42 Å². The van der Waals surface area contributed by atoms with Gasteiger partial charge in [-0.25, -0.2) is 0 Å². The predicted octanol–water partition coefficient (Wildman–Crippen LogP) is 1.42. The van der Waals surface area contributed by atoms with Gasteiger partial charge in [0.15, 0.2) is 0 Å². The average molecular weight is 265 g/mol. The van der Waals surface area contributed by atoms with Crippen molar-refractivity contribution in [3.63, 3.8) is 0 Å². The monoisotopic (exact) mass is 264 g/mol. The van der Waals surface area contributed by atoms with Gasteiger partial charge in [0, 0.05) is 18.5 Å². The number of thioether (sulfide) groups is 1. The van der Waals surface area contributed by atoms with E-state index in [1.54, 1.807) is 0 Å². The number of hydrogen-bond donors (Lipinski definition) is 2. The van der Waals surface area contributed by atoms with Crippen LogP contribution in [0.4, 0.5) is 0 Å². The van der Waals surface area contributed by atoms with Crippen LogP contribution in [0.25, 0.3) is 0 Å². The molecule has 0 radical (unpaired) electrons. The number of carbonyl (C=O) groups is 1. The van der Waals surface area contributed by atoms with Gasteiger partial charge in [0.1, 0.15) is 0 Å². The molecule has 1 amide bonds. The normalized spacial score (nSPS) is 26.9.